The van der Waals surface area contributed by atoms with E-state index >= 15 is 0 Å². The number of hydrogen-bond donors (Lipinski definition) is 0. The quantitative estimate of drug-likeness (QED) is 0.258. The predicted octanol–water partition coefficient (Wildman–Crippen LogP) is 7.59. The molecular formula is C31H24N2O. The van der Waals surface area contributed by atoms with Gasteiger partial charge in [0.15, 0.2) is 0 Å². The van der Waals surface area contributed by atoms with Crippen molar-refractivity contribution in [3.05, 3.63) is 95.5 Å². The number of aryl methyl sites for hydroxylation is 2. The molecule has 0 aliphatic heterocycles. The predicted molar refractivity (Wildman–Crippen MR) is 140 cm³/mol. The van der Waals surface area contributed by atoms with Gasteiger partial charge in [0.25, 0.3) is 0 Å². The molecule has 0 atom stereocenters. The van der Waals surface area contributed by atoms with Gasteiger partial charge < -0.3 is 13.6 Å². The number of rotatable bonds is 1. The highest BCUT2D eigenvalue weighted by atomic mass is 16.3. The molecule has 3 heterocycles. The van der Waals surface area contributed by atoms with E-state index in [9.17, 15) is 0 Å². The SMILES string of the molecule is Cn1c2ccccc2c2cc3oc4c(c3cc21)-c1c2c(n(-c3ccccc3)c1CC4)C=CCC2. The minimum atomic E-state index is 0.938. The summed E-state index contributed by atoms with van der Waals surface area (Å²) >= 11 is 0. The normalized spacial score (nSPS) is 14.6. The Balaban J connectivity index is 1.48. The molecule has 0 spiro atoms. The molecule has 6 aromatic rings. The van der Waals surface area contributed by atoms with E-state index in [2.05, 4.69) is 95.1 Å². The van der Waals surface area contributed by atoms with Crippen LogP contribution in [0.4, 0.5) is 0 Å². The van der Waals surface area contributed by atoms with Crippen LogP contribution in [-0.4, -0.2) is 9.13 Å². The van der Waals surface area contributed by atoms with Gasteiger partial charge in [-0.05, 0) is 61.2 Å². The van der Waals surface area contributed by atoms with Gasteiger partial charge in [0, 0.05) is 68.9 Å². The van der Waals surface area contributed by atoms with Crippen molar-refractivity contribution in [1.82, 2.24) is 9.13 Å². The van der Waals surface area contributed by atoms with E-state index < -0.39 is 0 Å². The monoisotopic (exact) mass is 440 g/mol. The zero-order valence-electron chi connectivity index (χ0n) is 19.1. The molecule has 3 nitrogen and oxygen atoms in total. The Morgan fingerprint density at radius 2 is 1.62 bits per heavy atom. The van der Waals surface area contributed by atoms with Crippen LogP contribution in [0.15, 0.2) is 77.2 Å². The second-order valence-electron chi connectivity index (χ2n) is 9.64. The van der Waals surface area contributed by atoms with Gasteiger partial charge in [-0.25, -0.2) is 0 Å². The van der Waals surface area contributed by atoms with Crippen molar-refractivity contribution in [2.45, 2.75) is 25.7 Å². The molecule has 0 unspecified atom stereocenters. The Morgan fingerprint density at radius 3 is 2.53 bits per heavy atom. The van der Waals surface area contributed by atoms with Crippen molar-refractivity contribution in [3.63, 3.8) is 0 Å². The third-order valence-electron chi connectivity index (χ3n) is 7.90. The largest absolute Gasteiger partial charge is 0.460 e. The van der Waals surface area contributed by atoms with E-state index in [0.717, 1.165) is 37.0 Å². The lowest BCUT2D eigenvalue weighted by molar-refractivity contribution is 0.543. The molecular weight excluding hydrogens is 416 g/mol. The summed E-state index contributed by atoms with van der Waals surface area (Å²) in [6.07, 6.45) is 8.76. The second kappa shape index (κ2) is 6.54. The number of hydrogen-bond acceptors (Lipinski definition) is 1. The van der Waals surface area contributed by atoms with Gasteiger partial charge in [-0.2, -0.15) is 0 Å². The summed E-state index contributed by atoms with van der Waals surface area (Å²) in [5, 5.41) is 3.80. The molecule has 3 aromatic heterocycles. The summed E-state index contributed by atoms with van der Waals surface area (Å²) in [6.45, 7) is 0. The maximum Gasteiger partial charge on any atom is 0.135 e. The molecule has 0 N–H and O–H groups in total. The fourth-order valence-electron chi connectivity index (χ4n) is 6.43. The first-order valence-electron chi connectivity index (χ1n) is 12.2. The van der Waals surface area contributed by atoms with Crippen molar-refractivity contribution in [2.75, 3.05) is 0 Å². The Kier molecular flexibility index (Phi) is 3.55. The lowest BCUT2D eigenvalue weighted by Gasteiger charge is -2.17. The average molecular weight is 441 g/mol. The standard InChI is InChI=1S/C31H24N2O/c1-32-24-13-7-5-11-20(24)22-18-29-23(17-27(22)32)31-28(34-29)16-15-26-30(31)21-12-6-8-14-25(21)33(26)19-9-3-2-4-10-19/h2-5,7-11,13-14,17-18H,6,12,15-16H2,1H3. The van der Waals surface area contributed by atoms with Gasteiger partial charge in [0.1, 0.15) is 11.3 Å². The van der Waals surface area contributed by atoms with Gasteiger partial charge in [0.05, 0.1) is 0 Å². The smallest absolute Gasteiger partial charge is 0.135 e. The molecule has 34 heavy (non-hydrogen) atoms. The summed E-state index contributed by atoms with van der Waals surface area (Å²) in [5.41, 5.74) is 11.8. The van der Waals surface area contributed by atoms with Crippen LogP contribution in [0.25, 0.3) is 55.7 Å². The lowest BCUT2D eigenvalue weighted by Crippen LogP contribution is -2.07. The number of allylic oxidation sites excluding steroid dienone is 1. The Morgan fingerprint density at radius 1 is 0.765 bits per heavy atom. The zero-order chi connectivity index (χ0) is 22.4. The highest BCUT2D eigenvalue weighted by molar-refractivity contribution is 6.14. The Bertz CT molecular complexity index is 1810. The molecule has 0 radical (unpaired) electrons. The van der Waals surface area contributed by atoms with Gasteiger partial charge in [-0.3, -0.25) is 0 Å². The first-order chi connectivity index (χ1) is 16.8. The zero-order valence-corrected chi connectivity index (χ0v) is 19.1. The van der Waals surface area contributed by atoms with E-state index in [1.165, 1.54) is 61.0 Å². The molecule has 2 aliphatic rings. The van der Waals surface area contributed by atoms with Crippen LogP contribution in [0.5, 0.6) is 0 Å². The minimum Gasteiger partial charge on any atom is -0.460 e. The fourth-order valence-corrected chi connectivity index (χ4v) is 6.43. The van der Waals surface area contributed by atoms with E-state index in [1.807, 2.05) is 0 Å². The van der Waals surface area contributed by atoms with Gasteiger partial charge in [0.2, 0.25) is 0 Å². The van der Waals surface area contributed by atoms with Gasteiger partial charge >= 0.3 is 0 Å². The Hall–Kier alpha value is -3.98. The maximum absolute atomic E-state index is 6.58. The maximum atomic E-state index is 6.58. The molecule has 0 amide bonds. The molecule has 0 saturated carbocycles. The molecule has 3 aromatic carbocycles. The van der Waals surface area contributed by atoms with E-state index in [4.69, 9.17) is 4.42 Å². The fraction of sp³-hybridized carbons (Fsp3) is 0.161. The first kappa shape index (κ1) is 18.4. The second-order valence-corrected chi connectivity index (χ2v) is 9.64. The molecule has 8 rings (SSSR count). The molecule has 3 heteroatoms. The molecule has 0 bridgehead atoms. The summed E-state index contributed by atoms with van der Waals surface area (Å²) in [7, 11) is 2.17. The topological polar surface area (TPSA) is 23.0 Å². The summed E-state index contributed by atoms with van der Waals surface area (Å²) < 4.78 is 11.4. The van der Waals surface area contributed by atoms with Crippen LogP contribution in [-0.2, 0) is 26.3 Å². The third kappa shape index (κ3) is 2.27. The summed E-state index contributed by atoms with van der Waals surface area (Å²) in [5.74, 6) is 1.14. The van der Waals surface area contributed by atoms with E-state index in [0.29, 0.717) is 0 Å². The van der Waals surface area contributed by atoms with Crippen molar-refractivity contribution in [3.8, 4) is 16.8 Å². The van der Waals surface area contributed by atoms with Crippen LogP contribution in [0, 0.1) is 0 Å². The number of furan rings is 1. The van der Waals surface area contributed by atoms with Crippen molar-refractivity contribution in [2.24, 2.45) is 7.05 Å². The highest BCUT2D eigenvalue weighted by Crippen LogP contribution is 2.48. The number of nitrogens with zero attached hydrogens (tertiary/aromatic N) is 2. The number of aromatic nitrogens is 2. The number of benzene rings is 3. The summed E-state index contributed by atoms with van der Waals surface area (Å²) in [4.78, 5) is 0. The van der Waals surface area contributed by atoms with Crippen LogP contribution in [0.2, 0.25) is 0 Å². The van der Waals surface area contributed by atoms with E-state index in [1.54, 1.807) is 0 Å². The minimum absolute atomic E-state index is 0.938. The average Bonchev–Trinajstić information content (AvgIpc) is 3.51. The Labute approximate surface area is 197 Å². The lowest BCUT2D eigenvalue weighted by atomic mass is 9.87. The molecule has 164 valence electrons. The number of para-hydroxylation sites is 2. The van der Waals surface area contributed by atoms with Crippen molar-refractivity contribution in [1.29, 1.82) is 0 Å². The van der Waals surface area contributed by atoms with Gasteiger partial charge in [-0.15, -0.1) is 0 Å². The highest BCUT2D eigenvalue weighted by Gasteiger charge is 2.32. The van der Waals surface area contributed by atoms with Crippen LogP contribution < -0.4 is 0 Å². The van der Waals surface area contributed by atoms with Crippen molar-refractivity contribution >= 4 is 38.9 Å². The van der Waals surface area contributed by atoms with Crippen LogP contribution in [0.3, 0.4) is 0 Å². The number of fused-ring (bicyclic) bond motifs is 10. The van der Waals surface area contributed by atoms with Crippen LogP contribution in [0.1, 0.15) is 29.1 Å². The molecule has 0 saturated heterocycles. The van der Waals surface area contributed by atoms with E-state index in [-0.39, 0.29) is 0 Å². The van der Waals surface area contributed by atoms with Crippen LogP contribution >= 0.6 is 0 Å². The van der Waals surface area contributed by atoms with Gasteiger partial charge in [-0.1, -0.05) is 42.5 Å². The third-order valence-corrected chi connectivity index (χ3v) is 7.90. The summed E-state index contributed by atoms with van der Waals surface area (Å²) in [6, 6.07) is 24.1. The van der Waals surface area contributed by atoms with Crippen molar-refractivity contribution < 1.29 is 4.42 Å². The molecule has 0 fully saturated rings. The first-order valence-corrected chi connectivity index (χ1v) is 12.2. The molecule has 2 aliphatic carbocycles.